The molecular weight excluding hydrogens is 349 g/mol. The first kappa shape index (κ1) is 18.5. The molecule has 0 radical (unpaired) electrons. The van der Waals surface area contributed by atoms with E-state index in [1.165, 1.54) is 12.1 Å². The number of benzene rings is 2. The number of ether oxygens (including phenoxy) is 1. The van der Waals surface area contributed by atoms with Crippen LogP contribution in [0.3, 0.4) is 0 Å². The van der Waals surface area contributed by atoms with Gasteiger partial charge in [0.2, 0.25) is 5.91 Å². The van der Waals surface area contributed by atoms with Crippen molar-refractivity contribution in [2.24, 2.45) is 5.73 Å². The standard InChI is InChI=1S/C20H18FN3O3/c21-14-6-10-16(11-7-14)27-15-8-4-13(5-9-15)18-2-1-3-19(23-18)24-20(26)17(22)12-25/h1-11,17,25H,12,22H2,(H,23,24,26)/t17-/m0/s1. The van der Waals surface area contributed by atoms with Crippen LogP contribution in [0, 0.1) is 5.82 Å². The largest absolute Gasteiger partial charge is 0.457 e. The number of pyridine rings is 1. The van der Waals surface area contributed by atoms with Crippen molar-refractivity contribution < 1.29 is 19.0 Å². The molecule has 2 aromatic carbocycles. The molecule has 3 rings (SSSR count). The Balaban J connectivity index is 1.72. The van der Waals surface area contributed by atoms with Crippen LogP contribution >= 0.6 is 0 Å². The van der Waals surface area contributed by atoms with Crippen LogP contribution in [0.2, 0.25) is 0 Å². The molecule has 0 aliphatic rings. The Labute approximate surface area is 155 Å². The summed E-state index contributed by atoms with van der Waals surface area (Å²) in [5, 5.41) is 11.5. The summed E-state index contributed by atoms with van der Waals surface area (Å²) in [5.41, 5.74) is 6.95. The maximum atomic E-state index is 12.9. The molecule has 0 spiro atoms. The quantitative estimate of drug-likeness (QED) is 0.622. The summed E-state index contributed by atoms with van der Waals surface area (Å²) >= 11 is 0. The highest BCUT2D eigenvalue weighted by Crippen LogP contribution is 2.25. The van der Waals surface area contributed by atoms with Crippen molar-refractivity contribution in [3.8, 4) is 22.8 Å². The number of aliphatic hydroxyl groups is 1. The zero-order valence-corrected chi connectivity index (χ0v) is 14.3. The van der Waals surface area contributed by atoms with E-state index in [0.717, 1.165) is 5.56 Å². The predicted octanol–water partition coefficient (Wildman–Crippen LogP) is 2.94. The molecule has 27 heavy (non-hydrogen) atoms. The minimum atomic E-state index is -1.00. The summed E-state index contributed by atoms with van der Waals surface area (Å²) < 4.78 is 18.6. The van der Waals surface area contributed by atoms with Crippen molar-refractivity contribution >= 4 is 11.7 Å². The van der Waals surface area contributed by atoms with Gasteiger partial charge in [-0.25, -0.2) is 9.37 Å². The van der Waals surface area contributed by atoms with E-state index in [0.29, 0.717) is 23.0 Å². The molecule has 3 aromatic rings. The number of aromatic nitrogens is 1. The molecule has 1 amide bonds. The van der Waals surface area contributed by atoms with Crippen LogP contribution in [0.15, 0.2) is 66.7 Å². The molecule has 7 heteroatoms. The zero-order chi connectivity index (χ0) is 19.2. The molecule has 4 N–H and O–H groups in total. The van der Waals surface area contributed by atoms with Gasteiger partial charge >= 0.3 is 0 Å². The number of halogens is 1. The number of hydrogen-bond donors (Lipinski definition) is 3. The highest BCUT2D eigenvalue weighted by Gasteiger charge is 2.13. The monoisotopic (exact) mass is 367 g/mol. The lowest BCUT2D eigenvalue weighted by Gasteiger charge is -2.10. The first-order valence-electron chi connectivity index (χ1n) is 8.23. The van der Waals surface area contributed by atoms with E-state index in [1.54, 1.807) is 42.5 Å². The lowest BCUT2D eigenvalue weighted by molar-refractivity contribution is -0.118. The fourth-order valence-electron chi connectivity index (χ4n) is 2.30. The van der Waals surface area contributed by atoms with Crippen LogP contribution in [-0.4, -0.2) is 28.6 Å². The van der Waals surface area contributed by atoms with Crippen LogP contribution in [0.25, 0.3) is 11.3 Å². The first-order valence-corrected chi connectivity index (χ1v) is 8.23. The van der Waals surface area contributed by atoms with E-state index >= 15 is 0 Å². The van der Waals surface area contributed by atoms with Gasteiger partial charge in [0.25, 0.3) is 0 Å². The van der Waals surface area contributed by atoms with Gasteiger partial charge in [-0.1, -0.05) is 6.07 Å². The summed E-state index contributed by atoms with van der Waals surface area (Å²) in [5.74, 6) is 0.643. The van der Waals surface area contributed by atoms with Crippen LogP contribution in [0.1, 0.15) is 0 Å². The highest BCUT2D eigenvalue weighted by atomic mass is 19.1. The second-order valence-electron chi connectivity index (χ2n) is 5.77. The maximum absolute atomic E-state index is 12.9. The van der Waals surface area contributed by atoms with Gasteiger partial charge in [-0.3, -0.25) is 4.79 Å². The Bertz CT molecular complexity index is 915. The summed E-state index contributed by atoms with van der Waals surface area (Å²) in [6.45, 7) is -0.443. The minimum Gasteiger partial charge on any atom is -0.457 e. The van der Waals surface area contributed by atoms with E-state index in [4.69, 9.17) is 15.6 Å². The van der Waals surface area contributed by atoms with E-state index < -0.39 is 18.6 Å². The molecule has 0 fully saturated rings. The number of carbonyl (C=O) groups excluding carboxylic acids is 1. The average molecular weight is 367 g/mol. The molecule has 1 aromatic heterocycles. The van der Waals surface area contributed by atoms with Crippen LogP contribution < -0.4 is 15.8 Å². The fraction of sp³-hybridized carbons (Fsp3) is 0.100. The molecule has 1 atom stereocenters. The molecule has 0 aliphatic carbocycles. The summed E-state index contributed by atoms with van der Waals surface area (Å²) in [7, 11) is 0. The molecule has 0 aliphatic heterocycles. The third-order valence-electron chi connectivity index (χ3n) is 3.73. The molecule has 0 unspecified atom stereocenters. The fourth-order valence-corrected chi connectivity index (χ4v) is 2.30. The van der Waals surface area contributed by atoms with Gasteiger partial charge in [-0.05, 0) is 60.7 Å². The zero-order valence-electron chi connectivity index (χ0n) is 14.3. The van der Waals surface area contributed by atoms with E-state index in [9.17, 15) is 9.18 Å². The van der Waals surface area contributed by atoms with E-state index in [2.05, 4.69) is 10.3 Å². The second-order valence-corrected chi connectivity index (χ2v) is 5.77. The van der Waals surface area contributed by atoms with Crippen molar-refractivity contribution in [2.45, 2.75) is 6.04 Å². The molecule has 0 bridgehead atoms. The number of carbonyl (C=O) groups is 1. The number of hydrogen-bond acceptors (Lipinski definition) is 5. The SMILES string of the molecule is N[C@@H](CO)C(=O)Nc1cccc(-c2ccc(Oc3ccc(F)cc3)cc2)n1. The van der Waals surface area contributed by atoms with Crippen molar-refractivity contribution in [2.75, 3.05) is 11.9 Å². The van der Waals surface area contributed by atoms with E-state index in [-0.39, 0.29) is 5.82 Å². The Morgan fingerprint density at radius 3 is 2.33 bits per heavy atom. The number of rotatable bonds is 6. The number of nitrogens with one attached hydrogen (secondary N) is 1. The Hall–Kier alpha value is -3.29. The van der Waals surface area contributed by atoms with Crippen molar-refractivity contribution in [3.05, 3.63) is 72.5 Å². The highest BCUT2D eigenvalue weighted by molar-refractivity contribution is 5.94. The third-order valence-corrected chi connectivity index (χ3v) is 3.73. The molecule has 0 saturated carbocycles. The van der Waals surface area contributed by atoms with Gasteiger partial charge in [0, 0.05) is 5.56 Å². The third kappa shape index (κ3) is 4.87. The van der Waals surface area contributed by atoms with Crippen LogP contribution in [0.5, 0.6) is 11.5 Å². The molecule has 6 nitrogen and oxygen atoms in total. The Morgan fingerprint density at radius 1 is 1.07 bits per heavy atom. The van der Waals surface area contributed by atoms with E-state index in [1.807, 2.05) is 12.1 Å². The number of amides is 1. The maximum Gasteiger partial charge on any atom is 0.244 e. The number of nitrogens with zero attached hydrogens (tertiary/aromatic N) is 1. The van der Waals surface area contributed by atoms with Crippen LogP contribution in [0.4, 0.5) is 10.2 Å². The van der Waals surface area contributed by atoms with Crippen LogP contribution in [-0.2, 0) is 4.79 Å². The molecule has 138 valence electrons. The topological polar surface area (TPSA) is 97.5 Å². The molecule has 1 heterocycles. The first-order chi connectivity index (χ1) is 13.0. The predicted molar refractivity (Wildman–Crippen MR) is 99.8 cm³/mol. The molecule has 0 saturated heterocycles. The lowest BCUT2D eigenvalue weighted by Crippen LogP contribution is -2.38. The van der Waals surface area contributed by atoms with Gasteiger partial charge in [-0.2, -0.15) is 0 Å². The summed E-state index contributed by atoms with van der Waals surface area (Å²) in [6.07, 6.45) is 0. The van der Waals surface area contributed by atoms with Gasteiger partial charge in [-0.15, -0.1) is 0 Å². The molecular formula is C20H18FN3O3. The van der Waals surface area contributed by atoms with Gasteiger partial charge in [0.15, 0.2) is 0 Å². The van der Waals surface area contributed by atoms with Crippen molar-refractivity contribution in [3.63, 3.8) is 0 Å². The second kappa shape index (κ2) is 8.39. The number of aliphatic hydroxyl groups excluding tert-OH is 1. The van der Waals surface area contributed by atoms with Gasteiger partial charge in [0.05, 0.1) is 12.3 Å². The van der Waals surface area contributed by atoms with Crippen molar-refractivity contribution in [1.82, 2.24) is 4.98 Å². The smallest absolute Gasteiger partial charge is 0.244 e. The van der Waals surface area contributed by atoms with Gasteiger partial charge < -0.3 is 20.9 Å². The van der Waals surface area contributed by atoms with Crippen molar-refractivity contribution in [1.29, 1.82) is 0 Å². The minimum absolute atomic E-state index is 0.323. The summed E-state index contributed by atoms with van der Waals surface area (Å²) in [6, 6.07) is 17.1. The van der Waals surface area contributed by atoms with Gasteiger partial charge in [0.1, 0.15) is 29.2 Å². The number of anilines is 1. The number of nitrogens with two attached hydrogens (primary N) is 1. The summed E-state index contributed by atoms with van der Waals surface area (Å²) in [4.78, 5) is 16.1. The average Bonchev–Trinajstić information content (AvgIpc) is 2.70. The lowest BCUT2D eigenvalue weighted by atomic mass is 10.1. The Morgan fingerprint density at radius 2 is 1.70 bits per heavy atom. The normalized spacial score (nSPS) is 11.7. The Kier molecular flexibility index (Phi) is 5.75.